The highest BCUT2D eigenvalue weighted by molar-refractivity contribution is 6.02. The van der Waals surface area contributed by atoms with Gasteiger partial charge in [0.2, 0.25) is 0 Å². The number of nitrogens with one attached hydrogen (secondary N) is 1. The van der Waals surface area contributed by atoms with Gasteiger partial charge in [-0.25, -0.2) is 0 Å². The molecule has 1 saturated heterocycles. The van der Waals surface area contributed by atoms with Crippen molar-refractivity contribution in [3.63, 3.8) is 0 Å². The van der Waals surface area contributed by atoms with E-state index in [9.17, 15) is 4.79 Å². The number of anilines is 3. The normalized spacial score (nSPS) is 13.9. The van der Waals surface area contributed by atoms with Gasteiger partial charge in [-0.05, 0) is 30.7 Å². The lowest BCUT2D eigenvalue weighted by atomic mass is 10.1. The Balaban J connectivity index is 1.82. The lowest BCUT2D eigenvalue weighted by molar-refractivity contribution is 0.0828. The van der Waals surface area contributed by atoms with Crippen LogP contribution in [0, 0.1) is 0 Å². The quantitative estimate of drug-likeness (QED) is 0.776. The topological polar surface area (TPSA) is 48.1 Å². The molecule has 1 heterocycles. The molecule has 1 aliphatic heterocycles. The number of para-hydroxylation sites is 3. The van der Waals surface area contributed by atoms with Crippen LogP contribution < -0.4 is 19.9 Å². The molecule has 3 rings (SSSR count). The van der Waals surface area contributed by atoms with Gasteiger partial charge in [-0.3, -0.25) is 4.79 Å². The van der Waals surface area contributed by atoms with Crippen LogP contribution in [0.5, 0.6) is 5.75 Å². The van der Waals surface area contributed by atoms with Crippen molar-refractivity contribution in [1.29, 1.82) is 0 Å². The maximum absolute atomic E-state index is 12.7. The number of nitrogens with zero attached hydrogens (tertiary/aromatic N) is 3. The molecule has 1 aliphatic rings. The summed E-state index contributed by atoms with van der Waals surface area (Å²) in [7, 11) is 5.31. The third-order valence-corrected chi connectivity index (χ3v) is 5.28. The second kappa shape index (κ2) is 9.54. The van der Waals surface area contributed by atoms with Gasteiger partial charge in [0.15, 0.2) is 0 Å². The maximum atomic E-state index is 12.7. The molecule has 0 saturated carbocycles. The van der Waals surface area contributed by atoms with E-state index in [-0.39, 0.29) is 5.91 Å². The zero-order chi connectivity index (χ0) is 20.8. The van der Waals surface area contributed by atoms with Gasteiger partial charge in [0.25, 0.3) is 5.91 Å². The molecule has 0 aromatic heterocycles. The van der Waals surface area contributed by atoms with E-state index in [1.807, 2.05) is 30.3 Å². The molecule has 1 N–H and O–H groups in total. The fourth-order valence-electron chi connectivity index (χ4n) is 3.74. The summed E-state index contributed by atoms with van der Waals surface area (Å²) in [5, 5.41) is 3.50. The molecule has 0 bridgehead atoms. The average Bonchev–Trinajstić information content (AvgIpc) is 2.77. The Bertz CT molecular complexity index is 829. The smallest absolute Gasteiger partial charge is 0.255 e. The summed E-state index contributed by atoms with van der Waals surface area (Å²) in [5.41, 5.74) is 3.91. The van der Waals surface area contributed by atoms with Gasteiger partial charge >= 0.3 is 0 Å². The van der Waals surface area contributed by atoms with Crippen LogP contribution in [0.3, 0.4) is 0 Å². The number of ether oxygens (including phenoxy) is 1. The number of hydrogen-bond acceptors (Lipinski definition) is 5. The number of benzene rings is 2. The molecule has 0 unspecified atom stereocenters. The highest BCUT2D eigenvalue weighted by Gasteiger charge is 2.24. The van der Waals surface area contributed by atoms with Crippen LogP contribution >= 0.6 is 0 Å². The first-order chi connectivity index (χ1) is 14.1. The summed E-state index contributed by atoms with van der Waals surface area (Å²) in [6, 6.07) is 14.2. The highest BCUT2D eigenvalue weighted by Crippen LogP contribution is 2.33. The van der Waals surface area contributed by atoms with Gasteiger partial charge in [0.05, 0.1) is 29.7 Å². The van der Waals surface area contributed by atoms with Gasteiger partial charge in [0.1, 0.15) is 5.75 Å². The first-order valence-electron chi connectivity index (χ1n) is 10.3. The lowest BCUT2D eigenvalue weighted by Crippen LogP contribution is -2.47. The van der Waals surface area contributed by atoms with Crippen molar-refractivity contribution in [3.8, 4) is 5.75 Å². The number of amides is 1. The summed E-state index contributed by atoms with van der Waals surface area (Å²) in [6.45, 7) is 6.55. The molecule has 0 radical (unpaired) electrons. The Labute approximate surface area is 174 Å². The summed E-state index contributed by atoms with van der Waals surface area (Å²) in [6.07, 6.45) is 1.01. The van der Waals surface area contributed by atoms with Gasteiger partial charge in [-0.15, -0.1) is 0 Å². The highest BCUT2D eigenvalue weighted by atomic mass is 16.5. The summed E-state index contributed by atoms with van der Waals surface area (Å²) >= 11 is 0. The average molecular weight is 397 g/mol. The van der Waals surface area contributed by atoms with Crippen LogP contribution in [-0.4, -0.2) is 64.7 Å². The Hall–Kier alpha value is -2.89. The zero-order valence-electron chi connectivity index (χ0n) is 17.9. The fourth-order valence-corrected chi connectivity index (χ4v) is 3.74. The second-order valence-corrected chi connectivity index (χ2v) is 7.47. The molecule has 1 amide bonds. The molecule has 156 valence electrons. The predicted octanol–water partition coefficient (Wildman–Crippen LogP) is 3.55. The van der Waals surface area contributed by atoms with E-state index in [1.54, 1.807) is 26.1 Å². The van der Waals surface area contributed by atoms with E-state index in [4.69, 9.17) is 4.74 Å². The van der Waals surface area contributed by atoms with Crippen LogP contribution in [-0.2, 0) is 0 Å². The van der Waals surface area contributed by atoms with Gasteiger partial charge in [0, 0.05) is 46.8 Å². The molecule has 0 spiro atoms. The molecular weight excluding hydrogens is 364 g/mol. The third kappa shape index (κ3) is 4.58. The van der Waals surface area contributed by atoms with E-state index >= 15 is 0 Å². The second-order valence-electron chi connectivity index (χ2n) is 7.47. The molecule has 2 aromatic carbocycles. The molecule has 6 heteroatoms. The van der Waals surface area contributed by atoms with E-state index in [0.29, 0.717) is 0 Å². The van der Waals surface area contributed by atoms with Crippen LogP contribution in [0.25, 0.3) is 0 Å². The largest absolute Gasteiger partial charge is 0.495 e. The number of carbonyl (C=O) groups excluding carboxylic acids is 1. The van der Waals surface area contributed by atoms with E-state index in [2.05, 4.69) is 34.2 Å². The van der Waals surface area contributed by atoms with E-state index < -0.39 is 0 Å². The fraction of sp³-hybridized carbons (Fsp3) is 0.435. The first-order valence-corrected chi connectivity index (χ1v) is 10.3. The lowest BCUT2D eigenvalue weighted by Gasteiger charge is -2.38. The van der Waals surface area contributed by atoms with Gasteiger partial charge in [-0.1, -0.05) is 25.1 Å². The molecule has 6 nitrogen and oxygen atoms in total. The van der Waals surface area contributed by atoms with Crippen molar-refractivity contribution in [2.24, 2.45) is 0 Å². The van der Waals surface area contributed by atoms with Crippen LogP contribution in [0.2, 0.25) is 0 Å². The summed E-state index contributed by atoms with van der Waals surface area (Å²) < 4.78 is 5.53. The van der Waals surface area contributed by atoms with Crippen LogP contribution in [0.4, 0.5) is 17.1 Å². The minimum absolute atomic E-state index is 0.0260. The van der Waals surface area contributed by atoms with Crippen molar-refractivity contribution in [1.82, 2.24) is 4.90 Å². The Morgan fingerprint density at radius 2 is 1.62 bits per heavy atom. The van der Waals surface area contributed by atoms with Crippen molar-refractivity contribution in [2.75, 3.05) is 69.0 Å². The standard InChI is InChI=1S/C23H32N4O2/c1-5-13-24-22-18(23(28)25(2)3)9-8-11-20(22)27-16-14-26(15-17-27)19-10-6-7-12-21(19)29-4/h6-12,24H,5,13-17H2,1-4H3. The maximum Gasteiger partial charge on any atom is 0.255 e. The molecule has 2 aromatic rings. The summed E-state index contributed by atoms with van der Waals surface area (Å²) in [5.74, 6) is 0.933. The van der Waals surface area contributed by atoms with Gasteiger partial charge < -0.3 is 24.8 Å². The monoisotopic (exact) mass is 396 g/mol. The van der Waals surface area contributed by atoms with Crippen molar-refractivity contribution in [2.45, 2.75) is 13.3 Å². The molecule has 0 aliphatic carbocycles. The third-order valence-electron chi connectivity index (χ3n) is 5.28. The summed E-state index contributed by atoms with van der Waals surface area (Å²) in [4.78, 5) is 19.1. The van der Waals surface area contributed by atoms with E-state index in [1.165, 1.54) is 0 Å². The number of methoxy groups -OCH3 is 1. The molecule has 29 heavy (non-hydrogen) atoms. The van der Waals surface area contributed by atoms with Crippen molar-refractivity contribution >= 4 is 23.0 Å². The number of rotatable bonds is 7. The van der Waals surface area contributed by atoms with Crippen LogP contribution in [0.1, 0.15) is 23.7 Å². The van der Waals surface area contributed by atoms with Gasteiger partial charge in [-0.2, -0.15) is 0 Å². The molecular formula is C23H32N4O2. The van der Waals surface area contributed by atoms with Crippen molar-refractivity contribution in [3.05, 3.63) is 48.0 Å². The Kier molecular flexibility index (Phi) is 6.86. The predicted molar refractivity (Wildman–Crippen MR) is 121 cm³/mol. The van der Waals surface area contributed by atoms with Crippen molar-refractivity contribution < 1.29 is 9.53 Å². The Morgan fingerprint density at radius 3 is 2.24 bits per heavy atom. The minimum Gasteiger partial charge on any atom is -0.495 e. The SMILES string of the molecule is CCCNc1c(C(=O)N(C)C)cccc1N1CCN(c2ccccc2OC)CC1. The number of hydrogen-bond donors (Lipinski definition) is 1. The Morgan fingerprint density at radius 1 is 1.00 bits per heavy atom. The van der Waals surface area contributed by atoms with E-state index in [0.717, 1.165) is 67.5 Å². The number of carbonyl (C=O) groups is 1. The molecule has 0 atom stereocenters. The number of piperazine rings is 1. The zero-order valence-corrected chi connectivity index (χ0v) is 17.9. The first kappa shape index (κ1) is 20.8. The minimum atomic E-state index is 0.0260. The van der Waals surface area contributed by atoms with Crippen LogP contribution in [0.15, 0.2) is 42.5 Å². The molecule has 1 fully saturated rings.